The third-order valence-corrected chi connectivity index (χ3v) is 4.69. The normalized spacial score (nSPS) is 11.4. The number of aryl methyl sites for hydroxylation is 2. The molecule has 0 atom stereocenters. The number of hydrogen-bond acceptors (Lipinski definition) is 4. The summed E-state index contributed by atoms with van der Waals surface area (Å²) in [5.41, 5.74) is 2.57. The molecular formula is C20H26N4O4. The lowest BCUT2D eigenvalue weighted by Crippen LogP contribution is -2.20. The summed E-state index contributed by atoms with van der Waals surface area (Å²) in [6.45, 7) is 8.30. The highest BCUT2D eigenvalue weighted by atomic mass is 16.5. The molecule has 0 aliphatic heterocycles. The van der Waals surface area contributed by atoms with Crippen LogP contribution < -0.4 is 20.6 Å². The van der Waals surface area contributed by atoms with Crippen LogP contribution in [0.4, 0.5) is 0 Å². The van der Waals surface area contributed by atoms with Gasteiger partial charge in [-0.3, -0.25) is 19.8 Å². The number of H-pyrrole nitrogens is 4. The molecule has 0 saturated carbocycles. The van der Waals surface area contributed by atoms with E-state index >= 15 is 0 Å². The molecule has 0 unspecified atom stereocenters. The molecular weight excluding hydrogens is 360 g/mol. The van der Waals surface area contributed by atoms with Crippen molar-refractivity contribution in [3.8, 4) is 11.5 Å². The Morgan fingerprint density at radius 2 is 1.46 bits per heavy atom. The Morgan fingerprint density at radius 3 is 1.89 bits per heavy atom. The molecule has 2 aromatic heterocycles. The fourth-order valence-electron chi connectivity index (χ4n) is 3.32. The molecule has 3 aromatic rings. The average Bonchev–Trinajstić information content (AvgIpc) is 3.17. The maximum absolute atomic E-state index is 12.5. The molecule has 8 nitrogen and oxygen atoms in total. The third-order valence-electron chi connectivity index (χ3n) is 4.69. The topological polar surface area (TPSA) is 116 Å². The van der Waals surface area contributed by atoms with Gasteiger partial charge in [-0.2, -0.15) is 0 Å². The smallest absolute Gasteiger partial charge is 0.268 e. The molecule has 28 heavy (non-hydrogen) atoms. The molecule has 0 aliphatic carbocycles. The summed E-state index contributed by atoms with van der Waals surface area (Å²) in [5.74, 6) is 0.993. The van der Waals surface area contributed by atoms with Gasteiger partial charge in [0.1, 0.15) is 0 Å². The molecule has 1 aromatic carbocycles. The molecule has 0 fully saturated rings. The quantitative estimate of drug-likeness (QED) is 0.499. The highest BCUT2D eigenvalue weighted by molar-refractivity contribution is 5.50. The molecule has 0 saturated heterocycles. The van der Waals surface area contributed by atoms with Crippen molar-refractivity contribution in [2.75, 3.05) is 13.7 Å². The van der Waals surface area contributed by atoms with Gasteiger partial charge in [-0.15, -0.1) is 0 Å². The summed E-state index contributed by atoms with van der Waals surface area (Å²) in [6.07, 6.45) is 0. The molecule has 0 spiro atoms. The Hall–Kier alpha value is -3.16. The van der Waals surface area contributed by atoms with Gasteiger partial charge in [0.2, 0.25) is 0 Å². The predicted molar refractivity (Wildman–Crippen MR) is 107 cm³/mol. The number of benzene rings is 1. The fourth-order valence-corrected chi connectivity index (χ4v) is 3.32. The van der Waals surface area contributed by atoms with Crippen LogP contribution in [0.2, 0.25) is 0 Å². The molecule has 2 heterocycles. The van der Waals surface area contributed by atoms with E-state index in [1.54, 1.807) is 21.0 Å². The van der Waals surface area contributed by atoms with Crippen LogP contribution in [0.5, 0.6) is 11.5 Å². The predicted octanol–water partition coefficient (Wildman–Crippen LogP) is 2.56. The molecule has 8 heteroatoms. The van der Waals surface area contributed by atoms with Crippen LogP contribution in [0, 0.1) is 19.8 Å². The average molecular weight is 386 g/mol. The zero-order valence-electron chi connectivity index (χ0n) is 16.7. The Labute approximate surface area is 162 Å². The summed E-state index contributed by atoms with van der Waals surface area (Å²) in [7, 11) is 1.57. The molecule has 4 N–H and O–H groups in total. The van der Waals surface area contributed by atoms with Crippen molar-refractivity contribution in [1.82, 2.24) is 20.4 Å². The van der Waals surface area contributed by atoms with Crippen molar-refractivity contribution in [1.29, 1.82) is 0 Å². The minimum Gasteiger partial charge on any atom is -0.493 e. The number of rotatable bonds is 7. The summed E-state index contributed by atoms with van der Waals surface area (Å²) < 4.78 is 11.3. The zero-order chi connectivity index (χ0) is 20.4. The monoisotopic (exact) mass is 386 g/mol. The number of aromatic nitrogens is 4. The summed E-state index contributed by atoms with van der Waals surface area (Å²) in [4.78, 5) is 25.0. The number of aromatic amines is 4. The summed E-state index contributed by atoms with van der Waals surface area (Å²) in [5, 5.41) is 10.9. The first kappa shape index (κ1) is 19.6. The standard InChI is InChI=1S/C20H26N4O4/c1-10(2)9-28-14-7-6-13(8-15(14)27-5)18(16-11(3)21-23-19(16)25)17-12(4)22-24-20(17)26/h6-8,10,18H,9H2,1-5H3,(H2,21,23,25)(H2,22,24,26). The lowest BCUT2D eigenvalue weighted by molar-refractivity contribution is 0.257. The summed E-state index contributed by atoms with van der Waals surface area (Å²) in [6, 6.07) is 5.49. The number of ether oxygens (including phenoxy) is 2. The minimum atomic E-state index is -0.557. The van der Waals surface area contributed by atoms with Crippen LogP contribution in [0.1, 0.15) is 47.8 Å². The van der Waals surface area contributed by atoms with Crippen molar-refractivity contribution in [3.63, 3.8) is 0 Å². The van der Waals surface area contributed by atoms with Crippen molar-refractivity contribution in [2.45, 2.75) is 33.6 Å². The van der Waals surface area contributed by atoms with Crippen molar-refractivity contribution in [2.24, 2.45) is 5.92 Å². The first-order chi connectivity index (χ1) is 13.3. The van der Waals surface area contributed by atoms with Gasteiger partial charge >= 0.3 is 0 Å². The van der Waals surface area contributed by atoms with E-state index in [0.717, 1.165) is 5.56 Å². The number of hydrogen-bond donors (Lipinski definition) is 4. The van der Waals surface area contributed by atoms with Gasteiger partial charge < -0.3 is 19.7 Å². The molecule has 150 valence electrons. The van der Waals surface area contributed by atoms with Gasteiger partial charge in [0.25, 0.3) is 11.1 Å². The van der Waals surface area contributed by atoms with Crippen LogP contribution in [-0.2, 0) is 0 Å². The fraction of sp³-hybridized carbons (Fsp3) is 0.400. The Balaban J connectivity index is 2.17. The van der Waals surface area contributed by atoms with Gasteiger partial charge in [0, 0.05) is 17.3 Å². The van der Waals surface area contributed by atoms with E-state index in [9.17, 15) is 9.59 Å². The van der Waals surface area contributed by atoms with Gasteiger partial charge in [0.15, 0.2) is 11.5 Å². The van der Waals surface area contributed by atoms with Crippen molar-refractivity contribution >= 4 is 0 Å². The van der Waals surface area contributed by atoms with E-state index in [2.05, 4.69) is 34.2 Å². The Bertz CT molecular complexity index is 1020. The Morgan fingerprint density at radius 1 is 0.893 bits per heavy atom. The van der Waals surface area contributed by atoms with Crippen LogP contribution in [-0.4, -0.2) is 34.1 Å². The van der Waals surface area contributed by atoms with Crippen molar-refractivity contribution < 1.29 is 9.47 Å². The van der Waals surface area contributed by atoms with Crippen LogP contribution in [0.25, 0.3) is 0 Å². The van der Waals surface area contributed by atoms with Gasteiger partial charge in [-0.25, -0.2) is 0 Å². The van der Waals surface area contributed by atoms with Crippen molar-refractivity contribution in [3.05, 3.63) is 67.0 Å². The van der Waals surface area contributed by atoms with E-state index in [-0.39, 0.29) is 11.1 Å². The van der Waals surface area contributed by atoms with Gasteiger partial charge in [-0.05, 0) is 37.5 Å². The highest BCUT2D eigenvalue weighted by Crippen LogP contribution is 2.36. The second-order valence-corrected chi connectivity index (χ2v) is 7.28. The summed E-state index contributed by atoms with van der Waals surface area (Å²) >= 11 is 0. The molecule has 0 aliphatic rings. The van der Waals surface area contributed by atoms with E-state index in [1.807, 2.05) is 18.2 Å². The van der Waals surface area contributed by atoms with Crippen LogP contribution in [0.3, 0.4) is 0 Å². The number of nitrogens with one attached hydrogen (secondary N) is 4. The van der Waals surface area contributed by atoms with Crippen LogP contribution >= 0.6 is 0 Å². The lowest BCUT2D eigenvalue weighted by Gasteiger charge is -2.19. The second kappa shape index (κ2) is 7.84. The second-order valence-electron chi connectivity index (χ2n) is 7.28. The van der Waals surface area contributed by atoms with Gasteiger partial charge in [-0.1, -0.05) is 19.9 Å². The van der Waals surface area contributed by atoms with Gasteiger partial charge in [0.05, 0.1) is 24.8 Å². The largest absolute Gasteiger partial charge is 0.493 e. The molecule has 0 radical (unpaired) electrons. The maximum atomic E-state index is 12.5. The zero-order valence-corrected chi connectivity index (χ0v) is 16.7. The molecule has 0 amide bonds. The SMILES string of the molecule is COc1cc(C(c2c(C)[nH][nH]c2=O)c2c(C)[nH][nH]c2=O)ccc1OCC(C)C. The number of methoxy groups -OCH3 is 1. The first-order valence-corrected chi connectivity index (χ1v) is 9.18. The van der Waals surface area contributed by atoms with E-state index in [1.165, 1.54) is 0 Å². The highest BCUT2D eigenvalue weighted by Gasteiger charge is 2.28. The van der Waals surface area contributed by atoms with E-state index in [4.69, 9.17) is 9.47 Å². The van der Waals surface area contributed by atoms with E-state index in [0.29, 0.717) is 46.5 Å². The molecule has 0 bridgehead atoms. The minimum absolute atomic E-state index is 0.262. The molecule has 3 rings (SSSR count). The maximum Gasteiger partial charge on any atom is 0.268 e. The lowest BCUT2D eigenvalue weighted by atomic mass is 9.85. The van der Waals surface area contributed by atoms with E-state index < -0.39 is 5.92 Å². The van der Waals surface area contributed by atoms with Crippen LogP contribution in [0.15, 0.2) is 27.8 Å². The Kier molecular flexibility index (Phi) is 5.48. The third kappa shape index (κ3) is 3.62. The first-order valence-electron chi connectivity index (χ1n) is 9.18.